The third-order valence-electron chi connectivity index (χ3n) is 2.62. The Balaban J connectivity index is 2.53. The fraction of sp³-hybridized carbons (Fsp3) is 0.154. The van der Waals surface area contributed by atoms with Crippen LogP contribution in [0.25, 0.3) is 11.3 Å². The van der Waals surface area contributed by atoms with Gasteiger partial charge < -0.3 is 10.5 Å². The van der Waals surface area contributed by atoms with Gasteiger partial charge in [-0.15, -0.1) is 0 Å². The number of rotatable bonds is 2. The molecule has 2 rings (SSSR count). The molecule has 0 spiro atoms. The molecule has 0 fully saturated rings. The average molecular weight is 268 g/mol. The lowest BCUT2D eigenvalue weighted by Crippen LogP contribution is -2.06. The summed E-state index contributed by atoms with van der Waals surface area (Å²) in [5.41, 5.74) is 5.72. The number of halogens is 3. The van der Waals surface area contributed by atoms with Crippen LogP contribution >= 0.6 is 0 Å². The Morgan fingerprint density at radius 2 is 1.95 bits per heavy atom. The number of nitrogen functional groups attached to an aromatic ring is 1. The van der Waals surface area contributed by atoms with Gasteiger partial charge in [-0.25, -0.2) is 0 Å². The van der Waals surface area contributed by atoms with Crippen molar-refractivity contribution in [3.8, 4) is 17.0 Å². The van der Waals surface area contributed by atoms with E-state index in [2.05, 4.69) is 4.98 Å². The van der Waals surface area contributed by atoms with Gasteiger partial charge in [0.2, 0.25) is 0 Å². The number of ether oxygens (including phenoxy) is 1. The van der Waals surface area contributed by atoms with E-state index in [1.54, 1.807) is 12.1 Å². The Morgan fingerprint density at radius 3 is 2.53 bits per heavy atom. The van der Waals surface area contributed by atoms with Crippen molar-refractivity contribution in [3.05, 3.63) is 42.1 Å². The first-order valence-corrected chi connectivity index (χ1v) is 5.39. The van der Waals surface area contributed by atoms with Crippen molar-refractivity contribution < 1.29 is 17.9 Å². The molecule has 1 aromatic heterocycles. The second kappa shape index (κ2) is 4.79. The van der Waals surface area contributed by atoms with E-state index in [1.165, 1.54) is 19.4 Å². The summed E-state index contributed by atoms with van der Waals surface area (Å²) in [5, 5.41) is 0. The van der Waals surface area contributed by atoms with Crippen LogP contribution in [0.2, 0.25) is 0 Å². The van der Waals surface area contributed by atoms with Gasteiger partial charge in [0.05, 0.1) is 12.7 Å². The minimum atomic E-state index is -4.42. The van der Waals surface area contributed by atoms with E-state index in [1.807, 2.05) is 0 Å². The Hall–Kier alpha value is -2.24. The number of pyridine rings is 1. The maximum absolute atomic E-state index is 12.6. The lowest BCUT2D eigenvalue weighted by atomic mass is 10.0. The van der Waals surface area contributed by atoms with Gasteiger partial charge in [-0.1, -0.05) is 0 Å². The molecule has 6 heteroatoms. The highest BCUT2D eigenvalue weighted by Gasteiger charge is 2.31. The van der Waals surface area contributed by atoms with Crippen LogP contribution < -0.4 is 10.5 Å². The summed E-state index contributed by atoms with van der Waals surface area (Å²) in [5.74, 6) is 0.453. The number of aromatic nitrogens is 1. The SMILES string of the molecule is COc1cccnc1-c1ccc(C(F)(F)F)cc1N. The second-order valence-electron chi connectivity index (χ2n) is 3.85. The van der Waals surface area contributed by atoms with E-state index < -0.39 is 11.7 Å². The molecule has 1 heterocycles. The third kappa shape index (κ3) is 2.62. The Kier molecular flexibility index (Phi) is 3.33. The molecule has 0 unspecified atom stereocenters. The van der Waals surface area contributed by atoms with Gasteiger partial charge in [-0.05, 0) is 30.3 Å². The van der Waals surface area contributed by atoms with E-state index in [0.717, 1.165) is 12.1 Å². The van der Waals surface area contributed by atoms with E-state index >= 15 is 0 Å². The maximum Gasteiger partial charge on any atom is 0.416 e. The molecule has 0 amide bonds. The van der Waals surface area contributed by atoms with Gasteiger partial charge in [0.25, 0.3) is 0 Å². The van der Waals surface area contributed by atoms with Crippen molar-refractivity contribution in [2.75, 3.05) is 12.8 Å². The summed E-state index contributed by atoms with van der Waals surface area (Å²) in [6, 6.07) is 6.49. The zero-order valence-corrected chi connectivity index (χ0v) is 10.0. The van der Waals surface area contributed by atoms with Crippen LogP contribution in [0.3, 0.4) is 0 Å². The Morgan fingerprint density at radius 1 is 1.21 bits per heavy atom. The summed E-state index contributed by atoms with van der Waals surface area (Å²) in [6.45, 7) is 0. The number of benzene rings is 1. The first kappa shape index (κ1) is 13.2. The predicted molar refractivity (Wildman–Crippen MR) is 65.6 cm³/mol. The van der Waals surface area contributed by atoms with Crippen molar-refractivity contribution >= 4 is 5.69 Å². The van der Waals surface area contributed by atoms with Crippen molar-refractivity contribution in [2.45, 2.75) is 6.18 Å². The molecule has 2 N–H and O–H groups in total. The summed E-state index contributed by atoms with van der Waals surface area (Å²) < 4.78 is 42.8. The lowest BCUT2D eigenvalue weighted by molar-refractivity contribution is -0.137. The van der Waals surface area contributed by atoms with E-state index in [9.17, 15) is 13.2 Å². The van der Waals surface area contributed by atoms with Crippen LogP contribution in [0, 0.1) is 0 Å². The number of methoxy groups -OCH3 is 1. The molecule has 0 aliphatic heterocycles. The fourth-order valence-corrected chi connectivity index (χ4v) is 1.71. The minimum absolute atomic E-state index is 0.00632. The average Bonchev–Trinajstić information content (AvgIpc) is 2.37. The monoisotopic (exact) mass is 268 g/mol. The fourth-order valence-electron chi connectivity index (χ4n) is 1.71. The molecular weight excluding hydrogens is 257 g/mol. The van der Waals surface area contributed by atoms with Crippen LogP contribution in [0.15, 0.2) is 36.5 Å². The number of hydrogen-bond acceptors (Lipinski definition) is 3. The first-order chi connectivity index (χ1) is 8.93. The standard InChI is InChI=1S/C13H11F3N2O/c1-19-11-3-2-6-18-12(11)9-5-4-8(7-10(9)17)13(14,15)16/h2-7H,17H2,1H3. The second-order valence-corrected chi connectivity index (χ2v) is 3.85. The van der Waals surface area contributed by atoms with Gasteiger partial charge in [0, 0.05) is 17.4 Å². The third-order valence-corrected chi connectivity index (χ3v) is 2.62. The Bertz CT molecular complexity index is 597. The molecular formula is C13H11F3N2O. The molecule has 2 aromatic rings. The lowest BCUT2D eigenvalue weighted by Gasteiger charge is -2.12. The van der Waals surface area contributed by atoms with Crippen LogP contribution in [0.5, 0.6) is 5.75 Å². The molecule has 0 radical (unpaired) electrons. The predicted octanol–water partition coefficient (Wildman–Crippen LogP) is 3.36. The number of nitrogens with two attached hydrogens (primary N) is 1. The van der Waals surface area contributed by atoms with Gasteiger partial charge >= 0.3 is 6.18 Å². The quantitative estimate of drug-likeness (QED) is 0.849. The molecule has 0 aliphatic rings. The molecule has 0 aliphatic carbocycles. The van der Waals surface area contributed by atoms with Crippen LogP contribution in [0.1, 0.15) is 5.56 Å². The van der Waals surface area contributed by atoms with Crippen molar-refractivity contribution in [3.63, 3.8) is 0 Å². The highest BCUT2D eigenvalue weighted by Crippen LogP contribution is 2.36. The molecule has 0 atom stereocenters. The van der Waals surface area contributed by atoms with E-state index in [-0.39, 0.29) is 5.69 Å². The van der Waals surface area contributed by atoms with Gasteiger partial charge in [0.15, 0.2) is 0 Å². The maximum atomic E-state index is 12.6. The molecule has 0 saturated heterocycles. The van der Waals surface area contributed by atoms with Crippen LogP contribution in [-0.2, 0) is 6.18 Å². The van der Waals surface area contributed by atoms with Crippen molar-refractivity contribution in [1.29, 1.82) is 0 Å². The largest absolute Gasteiger partial charge is 0.494 e. The molecule has 0 bridgehead atoms. The van der Waals surface area contributed by atoms with Crippen molar-refractivity contribution in [2.24, 2.45) is 0 Å². The highest BCUT2D eigenvalue weighted by molar-refractivity contribution is 5.78. The topological polar surface area (TPSA) is 48.1 Å². The normalized spacial score (nSPS) is 11.4. The van der Waals surface area contributed by atoms with E-state index in [4.69, 9.17) is 10.5 Å². The number of hydrogen-bond donors (Lipinski definition) is 1. The molecule has 0 saturated carbocycles. The number of nitrogens with zero attached hydrogens (tertiary/aromatic N) is 1. The first-order valence-electron chi connectivity index (χ1n) is 5.39. The summed E-state index contributed by atoms with van der Waals surface area (Å²) >= 11 is 0. The molecule has 1 aromatic carbocycles. The van der Waals surface area contributed by atoms with Gasteiger partial charge in [0.1, 0.15) is 11.4 Å². The minimum Gasteiger partial charge on any atom is -0.494 e. The number of alkyl halides is 3. The summed E-state index contributed by atoms with van der Waals surface area (Å²) in [7, 11) is 1.46. The van der Waals surface area contributed by atoms with Crippen LogP contribution in [0.4, 0.5) is 18.9 Å². The molecule has 100 valence electrons. The van der Waals surface area contributed by atoms with E-state index in [0.29, 0.717) is 17.0 Å². The van der Waals surface area contributed by atoms with Gasteiger partial charge in [-0.2, -0.15) is 13.2 Å². The number of anilines is 1. The van der Waals surface area contributed by atoms with Gasteiger partial charge in [-0.3, -0.25) is 4.98 Å². The van der Waals surface area contributed by atoms with Crippen LogP contribution in [-0.4, -0.2) is 12.1 Å². The Labute approximate surface area is 107 Å². The zero-order chi connectivity index (χ0) is 14.0. The molecule has 19 heavy (non-hydrogen) atoms. The summed E-state index contributed by atoms with van der Waals surface area (Å²) in [4.78, 5) is 4.09. The highest BCUT2D eigenvalue weighted by atomic mass is 19.4. The smallest absolute Gasteiger partial charge is 0.416 e. The zero-order valence-electron chi connectivity index (χ0n) is 10.0. The van der Waals surface area contributed by atoms with Crippen molar-refractivity contribution in [1.82, 2.24) is 4.98 Å². The molecule has 3 nitrogen and oxygen atoms in total. The summed E-state index contributed by atoms with van der Waals surface area (Å²) in [6.07, 6.45) is -2.89.